The fourth-order valence-corrected chi connectivity index (χ4v) is 2.40. The van der Waals surface area contributed by atoms with Crippen molar-refractivity contribution in [3.05, 3.63) is 71.3 Å². The van der Waals surface area contributed by atoms with Crippen LogP contribution in [0.2, 0.25) is 0 Å². The molecular weight excluding hydrogens is 244 g/mol. The Labute approximate surface area is 122 Å². The van der Waals surface area contributed by atoms with Crippen LogP contribution >= 0.6 is 0 Å². The molecule has 0 aliphatic rings. The molecule has 0 aromatic heterocycles. The fourth-order valence-electron chi connectivity index (χ4n) is 2.40. The zero-order valence-corrected chi connectivity index (χ0v) is 12.6. The average molecular weight is 268 g/mol. The van der Waals surface area contributed by atoms with E-state index < -0.39 is 0 Å². The van der Waals surface area contributed by atoms with E-state index in [1.54, 1.807) is 0 Å². The lowest BCUT2D eigenvalue weighted by Gasteiger charge is -2.23. The molecule has 0 fully saturated rings. The predicted octanol–water partition coefficient (Wildman–Crippen LogP) is 3.39. The molecule has 2 aromatic rings. The van der Waals surface area contributed by atoms with Gasteiger partial charge in [-0.2, -0.15) is 0 Å². The first-order chi connectivity index (χ1) is 9.65. The zero-order chi connectivity index (χ0) is 14.4. The number of hydrogen-bond donors (Lipinski definition) is 1. The molecule has 20 heavy (non-hydrogen) atoms. The van der Waals surface area contributed by atoms with Gasteiger partial charge in [0.1, 0.15) is 0 Å². The van der Waals surface area contributed by atoms with Gasteiger partial charge in [0.25, 0.3) is 0 Å². The number of hydrogen-bond acceptors (Lipinski definition) is 2. The van der Waals surface area contributed by atoms with E-state index in [9.17, 15) is 0 Å². The molecular formula is C18H24N2. The Balaban J connectivity index is 2.05. The molecule has 2 aromatic carbocycles. The van der Waals surface area contributed by atoms with Gasteiger partial charge in [0.15, 0.2) is 0 Å². The maximum absolute atomic E-state index is 3.67. The van der Waals surface area contributed by atoms with Crippen LogP contribution in [0.4, 0.5) is 0 Å². The summed E-state index contributed by atoms with van der Waals surface area (Å²) in [5.74, 6) is 0. The minimum atomic E-state index is 0.353. The minimum absolute atomic E-state index is 0.353. The van der Waals surface area contributed by atoms with Crippen molar-refractivity contribution in [2.75, 3.05) is 20.6 Å². The monoisotopic (exact) mass is 268 g/mol. The van der Waals surface area contributed by atoms with E-state index in [0.29, 0.717) is 6.04 Å². The van der Waals surface area contributed by atoms with Gasteiger partial charge in [-0.3, -0.25) is 0 Å². The quantitative estimate of drug-likeness (QED) is 0.864. The highest BCUT2D eigenvalue weighted by atomic mass is 15.1. The highest BCUT2D eigenvalue weighted by molar-refractivity contribution is 5.23. The van der Waals surface area contributed by atoms with Crippen LogP contribution in [0, 0.1) is 6.92 Å². The first-order valence-corrected chi connectivity index (χ1v) is 7.14. The molecule has 2 heteroatoms. The van der Waals surface area contributed by atoms with Crippen molar-refractivity contribution in [2.24, 2.45) is 0 Å². The molecule has 106 valence electrons. The van der Waals surface area contributed by atoms with E-state index in [1.165, 1.54) is 16.7 Å². The molecule has 0 aliphatic heterocycles. The number of likely N-dealkylation sites (N-methyl/N-ethyl adjacent to an activating group) is 1. The third-order valence-electron chi connectivity index (χ3n) is 3.38. The summed E-state index contributed by atoms with van der Waals surface area (Å²) in [4.78, 5) is 2.22. The summed E-state index contributed by atoms with van der Waals surface area (Å²) >= 11 is 0. The van der Waals surface area contributed by atoms with Crippen LogP contribution in [0.5, 0.6) is 0 Å². The summed E-state index contributed by atoms with van der Waals surface area (Å²) in [5, 5.41) is 3.67. The van der Waals surface area contributed by atoms with Crippen molar-refractivity contribution in [3.63, 3.8) is 0 Å². The van der Waals surface area contributed by atoms with Crippen LogP contribution in [0.3, 0.4) is 0 Å². The van der Waals surface area contributed by atoms with Crippen LogP contribution < -0.4 is 5.32 Å². The van der Waals surface area contributed by atoms with Crippen molar-refractivity contribution < 1.29 is 0 Å². The van der Waals surface area contributed by atoms with E-state index in [4.69, 9.17) is 0 Å². The van der Waals surface area contributed by atoms with Crippen LogP contribution in [0.15, 0.2) is 54.6 Å². The first-order valence-electron chi connectivity index (χ1n) is 7.14. The van der Waals surface area contributed by atoms with Gasteiger partial charge in [-0.1, -0.05) is 60.2 Å². The van der Waals surface area contributed by atoms with Crippen molar-refractivity contribution >= 4 is 0 Å². The number of aryl methyl sites for hydroxylation is 1. The van der Waals surface area contributed by atoms with E-state index in [-0.39, 0.29) is 0 Å². The summed E-state index contributed by atoms with van der Waals surface area (Å²) < 4.78 is 0. The van der Waals surface area contributed by atoms with Crippen LogP contribution in [-0.4, -0.2) is 25.5 Å². The lowest BCUT2D eigenvalue weighted by atomic mass is 10.1. The first kappa shape index (κ1) is 14.8. The fraction of sp³-hybridized carbons (Fsp3) is 0.333. The van der Waals surface area contributed by atoms with Crippen LogP contribution in [0.1, 0.15) is 22.7 Å². The standard InChI is InChI=1S/C18H24N2/c1-15-8-7-9-16(12-15)13-19-18(14-20(2)3)17-10-5-4-6-11-17/h4-12,18-19H,13-14H2,1-3H3. The Kier molecular flexibility index (Phi) is 5.33. The number of rotatable bonds is 6. The molecule has 0 saturated carbocycles. The van der Waals surface area contributed by atoms with E-state index in [0.717, 1.165) is 13.1 Å². The maximum Gasteiger partial charge on any atom is 0.0451 e. The molecule has 1 atom stereocenters. The average Bonchev–Trinajstić information content (AvgIpc) is 2.44. The molecule has 0 amide bonds. The SMILES string of the molecule is Cc1cccc(CNC(CN(C)C)c2ccccc2)c1. The number of benzene rings is 2. The largest absolute Gasteiger partial charge is 0.308 e. The topological polar surface area (TPSA) is 15.3 Å². The smallest absolute Gasteiger partial charge is 0.0451 e. The van der Waals surface area contributed by atoms with Gasteiger partial charge < -0.3 is 10.2 Å². The molecule has 2 rings (SSSR count). The summed E-state index contributed by atoms with van der Waals surface area (Å²) in [5.41, 5.74) is 3.99. The normalized spacial score (nSPS) is 12.6. The minimum Gasteiger partial charge on any atom is -0.308 e. The summed E-state index contributed by atoms with van der Waals surface area (Å²) in [6.07, 6.45) is 0. The molecule has 0 aliphatic carbocycles. The van der Waals surface area contributed by atoms with Gasteiger partial charge in [0.2, 0.25) is 0 Å². The molecule has 0 bridgehead atoms. The Morgan fingerprint density at radius 1 is 1.00 bits per heavy atom. The highest BCUT2D eigenvalue weighted by Gasteiger charge is 2.11. The Morgan fingerprint density at radius 2 is 1.75 bits per heavy atom. The molecule has 0 heterocycles. The lowest BCUT2D eigenvalue weighted by Crippen LogP contribution is -2.30. The van der Waals surface area contributed by atoms with E-state index >= 15 is 0 Å². The second kappa shape index (κ2) is 7.22. The number of nitrogens with one attached hydrogen (secondary N) is 1. The molecule has 0 radical (unpaired) electrons. The van der Waals surface area contributed by atoms with Crippen LogP contribution in [0.25, 0.3) is 0 Å². The molecule has 0 spiro atoms. The third-order valence-corrected chi connectivity index (χ3v) is 3.38. The third kappa shape index (κ3) is 4.48. The van der Waals surface area contributed by atoms with Gasteiger partial charge in [-0.25, -0.2) is 0 Å². The van der Waals surface area contributed by atoms with Crippen molar-refractivity contribution in [2.45, 2.75) is 19.5 Å². The van der Waals surface area contributed by atoms with E-state index in [2.05, 4.69) is 85.8 Å². The second-order valence-corrected chi connectivity index (χ2v) is 5.60. The Morgan fingerprint density at radius 3 is 2.40 bits per heavy atom. The molecule has 1 unspecified atom stereocenters. The molecule has 0 saturated heterocycles. The summed E-state index contributed by atoms with van der Waals surface area (Å²) in [6, 6.07) is 19.7. The molecule has 2 nitrogen and oxygen atoms in total. The predicted molar refractivity (Wildman–Crippen MR) is 85.8 cm³/mol. The highest BCUT2D eigenvalue weighted by Crippen LogP contribution is 2.14. The molecule has 1 N–H and O–H groups in total. The Hall–Kier alpha value is -1.64. The second-order valence-electron chi connectivity index (χ2n) is 5.60. The summed E-state index contributed by atoms with van der Waals surface area (Å²) in [6.45, 7) is 4.03. The van der Waals surface area contributed by atoms with Gasteiger partial charge >= 0.3 is 0 Å². The van der Waals surface area contributed by atoms with Crippen molar-refractivity contribution in [1.82, 2.24) is 10.2 Å². The van der Waals surface area contributed by atoms with E-state index in [1.807, 2.05) is 0 Å². The van der Waals surface area contributed by atoms with Gasteiger partial charge in [-0.15, -0.1) is 0 Å². The zero-order valence-electron chi connectivity index (χ0n) is 12.6. The van der Waals surface area contributed by atoms with Gasteiger partial charge in [0, 0.05) is 19.1 Å². The van der Waals surface area contributed by atoms with Crippen molar-refractivity contribution in [3.8, 4) is 0 Å². The number of nitrogens with zero attached hydrogens (tertiary/aromatic N) is 1. The maximum atomic E-state index is 3.67. The van der Waals surface area contributed by atoms with Crippen LogP contribution in [-0.2, 0) is 6.54 Å². The summed E-state index contributed by atoms with van der Waals surface area (Å²) in [7, 11) is 4.23. The Bertz CT molecular complexity index is 520. The van der Waals surface area contributed by atoms with Gasteiger partial charge in [-0.05, 0) is 32.1 Å². The lowest BCUT2D eigenvalue weighted by molar-refractivity contribution is 0.340. The van der Waals surface area contributed by atoms with Crippen molar-refractivity contribution in [1.29, 1.82) is 0 Å². The van der Waals surface area contributed by atoms with Gasteiger partial charge in [0.05, 0.1) is 0 Å².